The highest BCUT2D eigenvalue weighted by Gasteiger charge is 2.24. The topological polar surface area (TPSA) is 24.9 Å². The van der Waals surface area contributed by atoms with E-state index >= 15 is 0 Å². The lowest BCUT2D eigenvalue weighted by Gasteiger charge is -2.21. The summed E-state index contributed by atoms with van der Waals surface area (Å²) in [6, 6.07) is 4.95. The number of aromatic nitrogens is 1. The molecule has 5 heteroatoms. The lowest BCUT2D eigenvalue weighted by molar-refractivity contribution is 0.465. The minimum absolute atomic E-state index is 0.297. The Morgan fingerprint density at radius 2 is 2.33 bits per heavy atom. The highest BCUT2D eigenvalue weighted by atomic mass is 35.5. The van der Waals surface area contributed by atoms with Gasteiger partial charge >= 0.3 is 0 Å². The Kier molecular flexibility index (Phi) is 4.57. The van der Waals surface area contributed by atoms with Crippen LogP contribution in [0.2, 0.25) is 5.02 Å². The van der Waals surface area contributed by atoms with Gasteiger partial charge in [-0.1, -0.05) is 24.6 Å². The number of nitrogens with zero attached hydrogens (tertiary/aromatic N) is 1. The van der Waals surface area contributed by atoms with Gasteiger partial charge in [0.15, 0.2) is 0 Å². The number of nitrogens with one attached hydrogen (secondary N) is 1. The minimum atomic E-state index is -0.297. The second-order valence-electron chi connectivity index (χ2n) is 5.33. The Hall–Kier alpha value is -0.970. The number of benzene rings is 1. The SMILES string of the molecule is CCNC1CCCc2sc(Cc3ccc(F)cc3Cl)nc21. The van der Waals surface area contributed by atoms with E-state index in [1.54, 1.807) is 17.4 Å². The molecule has 1 unspecified atom stereocenters. The molecule has 3 rings (SSSR count). The average Bonchev–Trinajstić information content (AvgIpc) is 2.86. The van der Waals surface area contributed by atoms with Gasteiger partial charge in [-0.2, -0.15) is 0 Å². The third kappa shape index (κ3) is 3.28. The number of fused-ring (bicyclic) bond motifs is 1. The molecule has 1 aliphatic carbocycles. The van der Waals surface area contributed by atoms with Gasteiger partial charge in [0.2, 0.25) is 0 Å². The first-order valence-electron chi connectivity index (χ1n) is 7.33. The number of hydrogen-bond acceptors (Lipinski definition) is 3. The van der Waals surface area contributed by atoms with Crippen molar-refractivity contribution in [1.29, 1.82) is 0 Å². The first-order chi connectivity index (χ1) is 10.2. The van der Waals surface area contributed by atoms with E-state index in [0.717, 1.165) is 30.0 Å². The number of aryl methyl sites for hydroxylation is 1. The molecule has 0 aliphatic heterocycles. The maximum absolute atomic E-state index is 13.1. The monoisotopic (exact) mass is 324 g/mol. The Morgan fingerprint density at radius 1 is 1.48 bits per heavy atom. The zero-order valence-corrected chi connectivity index (χ0v) is 13.5. The van der Waals surface area contributed by atoms with Crippen molar-refractivity contribution in [2.45, 2.75) is 38.6 Å². The molecule has 2 aromatic rings. The first-order valence-corrected chi connectivity index (χ1v) is 8.52. The van der Waals surface area contributed by atoms with E-state index in [4.69, 9.17) is 16.6 Å². The summed E-state index contributed by atoms with van der Waals surface area (Å²) >= 11 is 7.88. The van der Waals surface area contributed by atoms with E-state index in [9.17, 15) is 4.39 Å². The fraction of sp³-hybridized carbons (Fsp3) is 0.438. The molecule has 0 saturated carbocycles. The Bertz CT molecular complexity index is 641. The van der Waals surface area contributed by atoms with Gasteiger partial charge in [0.25, 0.3) is 0 Å². The number of thiazole rings is 1. The van der Waals surface area contributed by atoms with Crippen molar-refractivity contribution in [3.63, 3.8) is 0 Å². The second kappa shape index (κ2) is 6.42. The maximum atomic E-state index is 13.1. The Balaban J connectivity index is 1.84. The molecule has 0 saturated heterocycles. The summed E-state index contributed by atoms with van der Waals surface area (Å²) in [4.78, 5) is 6.20. The van der Waals surface area contributed by atoms with Gasteiger partial charge in [0, 0.05) is 16.3 Å². The van der Waals surface area contributed by atoms with Crippen LogP contribution in [0.4, 0.5) is 4.39 Å². The van der Waals surface area contributed by atoms with Crippen LogP contribution in [0, 0.1) is 5.82 Å². The van der Waals surface area contributed by atoms with Gasteiger partial charge in [0.05, 0.1) is 16.7 Å². The van der Waals surface area contributed by atoms with Gasteiger partial charge in [-0.15, -0.1) is 11.3 Å². The van der Waals surface area contributed by atoms with Crippen molar-refractivity contribution in [1.82, 2.24) is 10.3 Å². The van der Waals surface area contributed by atoms with Crippen LogP contribution in [0.25, 0.3) is 0 Å². The fourth-order valence-corrected chi connectivity index (χ4v) is 4.25. The van der Waals surface area contributed by atoms with E-state index < -0.39 is 0 Å². The van der Waals surface area contributed by atoms with E-state index in [0.29, 0.717) is 17.5 Å². The number of halogens is 2. The van der Waals surface area contributed by atoms with Gasteiger partial charge in [-0.3, -0.25) is 0 Å². The molecule has 0 bridgehead atoms. The predicted molar refractivity (Wildman–Crippen MR) is 85.7 cm³/mol. The van der Waals surface area contributed by atoms with Gasteiger partial charge in [-0.25, -0.2) is 9.37 Å². The molecular formula is C16H18ClFN2S. The molecule has 1 atom stereocenters. The molecular weight excluding hydrogens is 307 g/mol. The highest BCUT2D eigenvalue weighted by Crippen LogP contribution is 2.34. The van der Waals surface area contributed by atoms with Crippen LogP contribution in [0.15, 0.2) is 18.2 Å². The molecule has 1 N–H and O–H groups in total. The summed E-state index contributed by atoms with van der Waals surface area (Å²) in [5, 5.41) is 5.05. The maximum Gasteiger partial charge on any atom is 0.124 e. The lowest BCUT2D eigenvalue weighted by Crippen LogP contribution is -2.24. The lowest BCUT2D eigenvalue weighted by atomic mass is 9.98. The van der Waals surface area contributed by atoms with Crippen LogP contribution >= 0.6 is 22.9 Å². The van der Waals surface area contributed by atoms with Crippen LogP contribution in [-0.4, -0.2) is 11.5 Å². The third-order valence-corrected chi connectivity index (χ3v) is 5.29. The zero-order chi connectivity index (χ0) is 14.8. The van der Waals surface area contributed by atoms with Crippen LogP contribution in [0.1, 0.15) is 46.9 Å². The zero-order valence-electron chi connectivity index (χ0n) is 12.0. The molecule has 0 amide bonds. The smallest absolute Gasteiger partial charge is 0.124 e. The van der Waals surface area contributed by atoms with Gasteiger partial charge in [0.1, 0.15) is 5.82 Å². The number of rotatable bonds is 4. The Morgan fingerprint density at radius 3 is 3.10 bits per heavy atom. The number of hydrogen-bond donors (Lipinski definition) is 1. The molecule has 1 aromatic carbocycles. The third-order valence-electron chi connectivity index (χ3n) is 3.81. The summed E-state index contributed by atoms with van der Waals surface area (Å²) < 4.78 is 13.1. The van der Waals surface area contributed by atoms with Gasteiger partial charge in [-0.05, 0) is 43.5 Å². The minimum Gasteiger partial charge on any atom is -0.309 e. The normalized spacial score (nSPS) is 17.8. The van der Waals surface area contributed by atoms with Crippen LogP contribution in [0.5, 0.6) is 0 Å². The molecule has 1 heterocycles. The first kappa shape index (κ1) is 14.9. The van der Waals surface area contributed by atoms with Crippen molar-refractivity contribution in [3.05, 3.63) is 50.2 Å². The van der Waals surface area contributed by atoms with Crippen molar-refractivity contribution in [2.24, 2.45) is 0 Å². The molecule has 21 heavy (non-hydrogen) atoms. The fourth-order valence-electron chi connectivity index (χ4n) is 2.82. The second-order valence-corrected chi connectivity index (χ2v) is 6.91. The van der Waals surface area contributed by atoms with Crippen LogP contribution in [-0.2, 0) is 12.8 Å². The summed E-state index contributed by atoms with van der Waals surface area (Å²) in [6.07, 6.45) is 4.16. The molecule has 0 fully saturated rings. The summed E-state index contributed by atoms with van der Waals surface area (Å²) in [5.74, 6) is -0.297. The molecule has 0 radical (unpaired) electrons. The summed E-state index contributed by atoms with van der Waals surface area (Å²) in [5.41, 5.74) is 2.14. The molecule has 2 nitrogen and oxygen atoms in total. The highest BCUT2D eigenvalue weighted by molar-refractivity contribution is 7.11. The quantitative estimate of drug-likeness (QED) is 0.894. The summed E-state index contributed by atoms with van der Waals surface area (Å²) in [7, 11) is 0. The standard InChI is InChI=1S/C16H18ClFN2S/c1-2-19-13-4-3-5-14-16(13)20-15(21-14)8-10-6-7-11(18)9-12(10)17/h6-7,9,13,19H,2-5,8H2,1H3. The van der Waals surface area contributed by atoms with E-state index in [1.165, 1.54) is 29.1 Å². The van der Waals surface area contributed by atoms with E-state index in [2.05, 4.69) is 12.2 Å². The van der Waals surface area contributed by atoms with Crippen molar-refractivity contribution in [3.8, 4) is 0 Å². The average molecular weight is 325 g/mol. The van der Waals surface area contributed by atoms with Crippen molar-refractivity contribution >= 4 is 22.9 Å². The molecule has 1 aliphatic rings. The molecule has 1 aromatic heterocycles. The predicted octanol–water partition coefficient (Wildman–Crippen LogP) is 4.51. The van der Waals surface area contributed by atoms with Crippen molar-refractivity contribution < 1.29 is 4.39 Å². The molecule has 112 valence electrons. The van der Waals surface area contributed by atoms with Gasteiger partial charge < -0.3 is 5.32 Å². The van der Waals surface area contributed by atoms with Crippen LogP contribution < -0.4 is 5.32 Å². The van der Waals surface area contributed by atoms with Crippen molar-refractivity contribution in [2.75, 3.05) is 6.54 Å². The largest absolute Gasteiger partial charge is 0.309 e. The van der Waals surface area contributed by atoms with E-state index in [-0.39, 0.29) is 5.82 Å². The van der Waals surface area contributed by atoms with E-state index in [1.807, 2.05) is 0 Å². The van der Waals surface area contributed by atoms with Crippen LogP contribution in [0.3, 0.4) is 0 Å². The summed E-state index contributed by atoms with van der Waals surface area (Å²) in [6.45, 7) is 3.08. The Labute approximate surface area is 133 Å². The molecule has 0 spiro atoms.